The van der Waals surface area contributed by atoms with E-state index in [2.05, 4.69) is 52.5 Å². The second kappa shape index (κ2) is 10.4. The molecule has 160 valence electrons. The third kappa shape index (κ3) is 6.16. The van der Waals surface area contributed by atoms with Crippen molar-refractivity contribution in [2.75, 3.05) is 10.6 Å². The smallest absolute Gasteiger partial charge is 0.326 e. The van der Waals surface area contributed by atoms with E-state index >= 15 is 0 Å². The molecule has 0 aliphatic rings. The van der Waals surface area contributed by atoms with Gasteiger partial charge in [-0.3, -0.25) is 9.78 Å². The van der Waals surface area contributed by atoms with Crippen LogP contribution in [0.1, 0.15) is 15.9 Å². The Labute approximate surface area is 204 Å². The average molecular weight is 589 g/mol. The van der Waals surface area contributed by atoms with Crippen LogP contribution in [0.5, 0.6) is 0 Å². The topological polar surface area (TPSA) is 104 Å². The molecule has 7 nitrogen and oxygen atoms in total. The van der Waals surface area contributed by atoms with E-state index in [4.69, 9.17) is 23.2 Å². The molecule has 3 aromatic rings. The van der Waals surface area contributed by atoms with Gasteiger partial charge in [0.05, 0.1) is 20.2 Å². The Morgan fingerprint density at radius 1 is 1.06 bits per heavy atom. The van der Waals surface area contributed by atoms with Crippen LogP contribution in [-0.4, -0.2) is 33.0 Å². The molecule has 2 heterocycles. The summed E-state index contributed by atoms with van der Waals surface area (Å²) in [5, 5.41) is 15.6. The number of amides is 1. The molecule has 1 amide bonds. The Bertz CT molecular complexity index is 1110. The van der Waals surface area contributed by atoms with E-state index in [0.717, 1.165) is 10.0 Å². The predicted molar refractivity (Wildman–Crippen MR) is 127 cm³/mol. The lowest BCUT2D eigenvalue weighted by atomic mass is 10.0. The van der Waals surface area contributed by atoms with Crippen LogP contribution >= 0.6 is 55.1 Å². The SMILES string of the molecule is O=C(Nc1c(Cl)cncc1Cl)c1ccc(CC(Nc2ncc(Br)cc2Br)C(=O)O)cc1. The number of pyridine rings is 2. The summed E-state index contributed by atoms with van der Waals surface area (Å²) in [5.74, 6) is -1.02. The van der Waals surface area contributed by atoms with Crippen molar-refractivity contribution in [1.82, 2.24) is 9.97 Å². The van der Waals surface area contributed by atoms with Crippen LogP contribution in [0.4, 0.5) is 11.5 Å². The molecule has 0 aliphatic heterocycles. The van der Waals surface area contributed by atoms with Gasteiger partial charge in [-0.1, -0.05) is 35.3 Å². The standard InChI is InChI=1S/C20H14Br2Cl2N4O3/c21-12-6-13(22)18(26-7-12)27-16(20(30)31)5-10-1-3-11(4-2-10)19(29)28-17-14(23)8-25-9-15(17)24/h1-4,6-9,16H,5H2,(H,26,27)(H,30,31)(H,25,28,29). The molecule has 11 heteroatoms. The highest BCUT2D eigenvalue weighted by molar-refractivity contribution is 9.11. The third-order valence-electron chi connectivity index (χ3n) is 4.16. The Balaban J connectivity index is 1.70. The molecular formula is C20H14Br2Cl2N4O3. The van der Waals surface area contributed by atoms with Crippen LogP contribution in [0.25, 0.3) is 0 Å². The van der Waals surface area contributed by atoms with Crippen LogP contribution in [0.15, 0.2) is 57.9 Å². The van der Waals surface area contributed by atoms with Gasteiger partial charge in [-0.2, -0.15) is 0 Å². The van der Waals surface area contributed by atoms with Crippen molar-refractivity contribution in [3.63, 3.8) is 0 Å². The largest absolute Gasteiger partial charge is 0.480 e. The summed E-state index contributed by atoms with van der Waals surface area (Å²) in [7, 11) is 0. The van der Waals surface area contributed by atoms with Crippen LogP contribution in [0, 0.1) is 0 Å². The minimum absolute atomic E-state index is 0.184. The molecule has 1 atom stereocenters. The highest BCUT2D eigenvalue weighted by Crippen LogP contribution is 2.29. The van der Waals surface area contributed by atoms with Crippen molar-refractivity contribution < 1.29 is 14.7 Å². The van der Waals surface area contributed by atoms with Gasteiger partial charge < -0.3 is 15.7 Å². The number of halogens is 4. The van der Waals surface area contributed by atoms with E-state index in [0.29, 0.717) is 15.9 Å². The lowest BCUT2D eigenvalue weighted by Gasteiger charge is -2.16. The van der Waals surface area contributed by atoms with Gasteiger partial charge in [0.1, 0.15) is 11.9 Å². The Hall–Kier alpha value is -2.20. The summed E-state index contributed by atoms with van der Waals surface area (Å²) in [6.07, 6.45) is 4.51. The molecule has 0 spiro atoms. The fourth-order valence-electron chi connectivity index (χ4n) is 2.63. The first-order valence-electron chi connectivity index (χ1n) is 8.74. The van der Waals surface area contributed by atoms with Gasteiger partial charge in [0.15, 0.2) is 0 Å². The summed E-state index contributed by atoms with van der Waals surface area (Å²) in [4.78, 5) is 32.2. The van der Waals surface area contributed by atoms with Crippen LogP contribution < -0.4 is 10.6 Å². The summed E-state index contributed by atoms with van der Waals surface area (Å²) < 4.78 is 1.40. The molecule has 0 aliphatic carbocycles. The number of aliphatic carboxylic acids is 1. The number of carboxylic acid groups (broad SMARTS) is 1. The molecule has 0 fully saturated rings. The number of anilines is 2. The van der Waals surface area contributed by atoms with Gasteiger partial charge in [-0.15, -0.1) is 0 Å². The number of nitrogens with one attached hydrogen (secondary N) is 2. The first-order valence-corrected chi connectivity index (χ1v) is 11.1. The lowest BCUT2D eigenvalue weighted by molar-refractivity contribution is -0.137. The molecule has 0 radical (unpaired) electrons. The van der Waals surface area contributed by atoms with Crippen LogP contribution in [0.2, 0.25) is 10.0 Å². The number of hydrogen-bond acceptors (Lipinski definition) is 5. The summed E-state index contributed by atoms with van der Waals surface area (Å²) >= 11 is 18.7. The number of carbonyl (C=O) groups excluding carboxylic acids is 1. The zero-order valence-electron chi connectivity index (χ0n) is 15.6. The van der Waals surface area contributed by atoms with Gasteiger partial charge in [0.25, 0.3) is 5.91 Å². The molecule has 0 bridgehead atoms. The zero-order chi connectivity index (χ0) is 22.5. The summed E-state index contributed by atoms with van der Waals surface area (Å²) in [5.41, 5.74) is 1.37. The third-order valence-corrected chi connectivity index (χ3v) is 5.78. The van der Waals surface area contributed by atoms with E-state index < -0.39 is 17.9 Å². The van der Waals surface area contributed by atoms with E-state index in [1.165, 1.54) is 12.4 Å². The minimum Gasteiger partial charge on any atom is -0.480 e. The quantitative estimate of drug-likeness (QED) is 0.329. The minimum atomic E-state index is -1.03. The fourth-order valence-corrected chi connectivity index (χ4v) is 4.19. The summed E-state index contributed by atoms with van der Waals surface area (Å²) in [6, 6.07) is 7.42. The van der Waals surface area contributed by atoms with Crippen molar-refractivity contribution in [1.29, 1.82) is 0 Å². The van der Waals surface area contributed by atoms with E-state index in [9.17, 15) is 14.7 Å². The van der Waals surface area contributed by atoms with Gasteiger partial charge in [-0.25, -0.2) is 9.78 Å². The Morgan fingerprint density at radius 3 is 2.29 bits per heavy atom. The van der Waals surface area contributed by atoms with Gasteiger partial charge >= 0.3 is 5.97 Å². The van der Waals surface area contributed by atoms with Crippen molar-refractivity contribution in [2.24, 2.45) is 0 Å². The van der Waals surface area contributed by atoms with Gasteiger partial charge in [0.2, 0.25) is 0 Å². The maximum absolute atomic E-state index is 12.5. The molecule has 0 saturated carbocycles. The van der Waals surface area contributed by atoms with Crippen LogP contribution in [0.3, 0.4) is 0 Å². The zero-order valence-corrected chi connectivity index (χ0v) is 20.3. The predicted octanol–water partition coefficient (Wildman–Crippen LogP) is 5.67. The van der Waals surface area contributed by atoms with Gasteiger partial charge in [-0.05, 0) is 55.6 Å². The summed E-state index contributed by atoms with van der Waals surface area (Å²) in [6.45, 7) is 0. The van der Waals surface area contributed by atoms with Gasteiger partial charge in [0, 0.05) is 35.0 Å². The monoisotopic (exact) mass is 586 g/mol. The lowest BCUT2D eigenvalue weighted by Crippen LogP contribution is -2.32. The number of aromatic nitrogens is 2. The average Bonchev–Trinajstić information content (AvgIpc) is 2.72. The molecule has 3 rings (SSSR count). The van der Waals surface area contributed by atoms with E-state index in [1.807, 2.05) is 0 Å². The second-order valence-corrected chi connectivity index (χ2v) is 8.94. The Morgan fingerprint density at radius 2 is 1.71 bits per heavy atom. The highest BCUT2D eigenvalue weighted by atomic mass is 79.9. The number of carbonyl (C=O) groups is 2. The van der Waals surface area contributed by atoms with Crippen molar-refractivity contribution in [2.45, 2.75) is 12.5 Å². The highest BCUT2D eigenvalue weighted by Gasteiger charge is 2.20. The molecule has 0 saturated heterocycles. The number of nitrogens with zero attached hydrogens (tertiary/aromatic N) is 2. The van der Waals surface area contributed by atoms with E-state index in [-0.39, 0.29) is 22.2 Å². The number of benzene rings is 1. The molecule has 2 aromatic heterocycles. The fraction of sp³-hybridized carbons (Fsp3) is 0.100. The normalized spacial score (nSPS) is 11.6. The number of carboxylic acids is 1. The molecule has 1 unspecified atom stereocenters. The second-order valence-electron chi connectivity index (χ2n) is 6.35. The molecule has 1 aromatic carbocycles. The first kappa shape index (κ1) is 23.5. The number of rotatable bonds is 7. The maximum atomic E-state index is 12.5. The van der Waals surface area contributed by atoms with Crippen molar-refractivity contribution >= 4 is 78.4 Å². The molecule has 31 heavy (non-hydrogen) atoms. The van der Waals surface area contributed by atoms with E-state index in [1.54, 1.807) is 36.5 Å². The van der Waals surface area contributed by atoms with Crippen LogP contribution in [-0.2, 0) is 11.2 Å². The van der Waals surface area contributed by atoms with Crippen molar-refractivity contribution in [3.05, 3.63) is 79.0 Å². The van der Waals surface area contributed by atoms with Crippen molar-refractivity contribution in [3.8, 4) is 0 Å². The maximum Gasteiger partial charge on any atom is 0.326 e. The number of hydrogen-bond donors (Lipinski definition) is 3. The Kier molecular flexibility index (Phi) is 7.88. The first-order chi connectivity index (χ1) is 14.7. The molecular weight excluding hydrogens is 575 g/mol. The molecule has 3 N–H and O–H groups in total.